The van der Waals surface area contributed by atoms with Crippen molar-refractivity contribution in [3.63, 3.8) is 0 Å². The Morgan fingerprint density at radius 2 is 1.84 bits per heavy atom. The van der Waals surface area contributed by atoms with Gasteiger partial charge in [-0.15, -0.1) is 11.8 Å². The SMILES string of the molecule is O=C(O)c1ccc(Br)cc1SCc1cccc(Br)c1. The minimum absolute atomic E-state index is 0.336. The second kappa shape index (κ2) is 6.59. The highest BCUT2D eigenvalue weighted by Gasteiger charge is 2.11. The summed E-state index contributed by atoms with van der Waals surface area (Å²) in [5.74, 6) is -0.167. The van der Waals surface area contributed by atoms with Crippen LogP contribution in [-0.2, 0) is 5.75 Å². The van der Waals surface area contributed by atoms with Gasteiger partial charge in [-0.05, 0) is 35.9 Å². The summed E-state index contributed by atoms with van der Waals surface area (Å²) < 4.78 is 1.91. The van der Waals surface area contributed by atoms with Gasteiger partial charge in [-0.3, -0.25) is 0 Å². The van der Waals surface area contributed by atoms with Crippen molar-refractivity contribution in [2.75, 3.05) is 0 Å². The molecule has 0 atom stereocenters. The Labute approximate surface area is 132 Å². The van der Waals surface area contributed by atoms with E-state index in [4.69, 9.17) is 5.11 Å². The van der Waals surface area contributed by atoms with E-state index in [1.165, 1.54) is 11.8 Å². The third-order valence-electron chi connectivity index (χ3n) is 2.46. The number of rotatable bonds is 4. The molecule has 0 radical (unpaired) electrons. The molecule has 0 spiro atoms. The highest BCUT2D eigenvalue weighted by Crippen LogP contribution is 2.29. The summed E-state index contributed by atoms with van der Waals surface area (Å²) in [7, 11) is 0. The lowest BCUT2D eigenvalue weighted by atomic mass is 10.2. The van der Waals surface area contributed by atoms with E-state index < -0.39 is 5.97 Å². The normalized spacial score (nSPS) is 10.4. The molecule has 0 aliphatic rings. The van der Waals surface area contributed by atoms with Gasteiger partial charge in [-0.1, -0.05) is 44.0 Å². The van der Waals surface area contributed by atoms with E-state index in [1.54, 1.807) is 12.1 Å². The first-order valence-electron chi connectivity index (χ1n) is 5.46. The number of carbonyl (C=O) groups is 1. The first-order chi connectivity index (χ1) is 9.06. The Kier molecular flexibility index (Phi) is 5.07. The maximum Gasteiger partial charge on any atom is 0.336 e. The van der Waals surface area contributed by atoms with Crippen molar-refractivity contribution in [3.05, 3.63) is 62.5 Å². The van der Waals surface area contributed by atoms with Crippen LogP contribution in [0.3, 0.4) is 0 Å². The van der Waals surface area contributed by atoms with Gasteiger partial charge >= 0.3 is 5.97 Å². The summed E-state index contributed by atoms with van der Waals surface area (Å²) in [4.78, 5) is 11.9. The lowest BCUT2D eigenvalue weighted by Gasteiger charge is -2.07. The van der Waals surface area contributed by atoms with E-state index in [0.717, 1.165) is 25.2 Å². The Bertz CT molecular complexity index is 614. The zero-order valence-corrected chi connectivity index (χ0v) is 13.8. The summed E-state index contributed by atoms with van der Waals surface area (Å²) in [5, 5.41) is 9.16. The predicted octanol–water partition coefficient (Wildman–Crippen LogP) is 5.20. The first-order valence-corrected chi connectivity index (χ1v) is 8.03. The molecule has 0 saturated heterocycles. The molecular formula is C14H10Br2O2S. The second-order valence-corrected chi connectivity index (χ2v) is 6.71. The zero-order valence-electron chi connectivity index (χ0n) is 9.77. The average molecular weight is 402 g/mol. The van der Waals surface area contributed by atoms with Crippen LogP contribution in [0.2, 0.25) is 0 Å². The molecule has 2 rings (SSSR count). The standard InChI is InChI=1S/C14H10Br2O2S/c15-10-3-1-2-9(6-10)8-19-13-7-11(16)4-5-12(13)14(17)18/h1-7H,8H2,(H,17,18). The lowest BCUT2D eigenvalue weighted by molar-refractivity contribution is 0.0693. The summed E-state index contributed by atoms with van der Waals surface area (Å²) >= 11 is 8.32. The molecule has 5 heteroatoms. The van der Waals surface area contributed by atoms with Crippen molar-refractivity contribution in [2.24, 2.45) is 0 Å². The minimum atomic E-state index is -0.899. The molecule has 2 nitrogen and oxygen atoms in total. The van der Waals surface area contributed by atoms with Crippen molar-refractivity contribution in [3.8, 4) is 0 Å². The fourth-order valence-electron chi connectivity index (χ4n) is 1.58. The van der Waals surface area contributed by atoms with E-state index in [2.05, 4.69) is 31.9 Å². The number of halogens is 2. The average Bonchev–Trinajstić information content (AvgIpc) is 2.36. The van der Waals surface area contributed by atoms with Crippen LogP contribution in [0, 0.1) is 0 Å². The fourth-order valence-corrected chi connectivity index (χ4v) is 3.56. The number of carboxylic acid groups (broad SMARTS) is 1. The number of thioether (sulfide) groups is 1. The van der Waals surface area contributed by atoms with Crippen LogP contribution in [-0.4, -0.2) is 11.1 Å². The molecule has 0 aliphatic heterocycles. The van der Waals surface area contributed by atoms with Crippen LogP contribution in [0.15, 0.2) is 56.3 Å². The molecule has 1 N–H and O–H groups in total. The molecular weight excluding hydrogens is 392 g/mol. The van der Waals surface area contributed by atoms with Crippen LogP contribution in [0.5, 0.6) is 0 Å². The number of benzene rings is 2. The van der Waals surface area contributed by atoms with Crippen molar-refractivity contribution in [1.82, 2.24) is 0 Å². The van der Waals surface area contributed by atoms with E-state index in [0.29, 0.717) is 5.56 Å². The number of aromatic carboxylic acids is 1. The molecule has 0 aromatic heterocycles. The van der Waals surface area contributed by atoms with Crippen LogP contribution >= 0.6 is 43.6 Å². The van der Waals surface area contributed by atoms with Crippen LogP contribution in [0.25, 0.3) is 0 Å². The highest BCUT2D eigenvalue weighted by molar-refractivity contribution is 9.10. The molecule has 0 bridgehead atoms. The predicted molar refractivity (Wildman–Crippen MR) is 84.8 cm³/mol. The molecule has 2 aromatic rings. The number of carboxylic acids is 1. The molecule has 0 unspecified atom stereocenters. The van der Waals surface area contributed by atoms with Crippen molar-refractivity contribution >= 4 is 49.6 Å². The lowest BCUT2D eigenvalue weighted by Crippen LogP contribution is -1.98. The van der Waals surface area contributed by atoms with Crippen LogP contribution in [0.1, 0.15) is 15.9 Å². The van der Waals surface area contributed by atoms with Gasteiger partial charge < -0.3 is 5.11 Å². The maximum absolute atomic E-state index is 11.2. The Balaban J connectivity index is 2.19. The van der Waals surface area contributed by atoms with Crippen LogP contribution < -0.4 is 0 Å². The summed E-state index contributed by atoms with van der Waals surface area (Å²) in [6.07, 6.45) is 0. The van der Waals surface area contributed by atoms with Gasteiger partial charge in [0.25, 0.3) is 0 Å². The van der Waals surface area contributed by atoms with Gasteiger partial charge in [0, 0.05) is 19.6 Å². The number of hydrogen-bond acceptors (Lipinski definition) is 2. The smallest absolute Gasteiger partial charge is 0.336 e. The summed E-state index contributed by atoms with van der Waals surface area (Å²) in [6, 6.07) is 13.2. The van der Waals surface area contributed by atoms with Gasteiger partial charge in [0.15, 0.2) is 0 Å². The van der Waals surface area contributed by atoms with E-state index >= 15 is 0 Å². The van der Waals surface area contributed by atoms with Gasteiger partial charge in [0.2, 0.25) is 0 Å². The summed E-state index contributed by atoms with van der Waals surface area (Å²) in [5.41, 5.74) is 1.49. The van der Waals surface area contributed by atoms with Crippen molar-refractivity contribution < 1.29 is 9.90 Å². The molecule has 0 heterocycles. The van der Waals surface area contributed by atoms with Crippen molar-refractivity contribution in [2.45, 2.75) is 10.6 Å². The monoisotopic (exact) mass is 400 g/mol. The molecule has 98 valence electrons. The highest BCUT2D eigenvalue weighted by atomic mass is 79.9. The molecule has 19 heavy (non-hydrogen) atoms. The molecule has 0 fully saturated rings. The Hall–Kier alpha value is -0.780. The zero-order chi connectivity index (χ0) is 13.8. The van der Waals surface area contributed by atoms with E-state index in [-0.39, 0.29) is 0 Å². The maximum atomic E-state index is 11.2. The molecule has 0 amide bonds. The number of hydrogen-bond donors (Lipinski definition) is 1. The summed E-state index contributed by atoms with van der Waals surface area (Å²) in [6.45, 7) is 0. The van der Waals surface area contributed by atoms with E-state index in [1.807, 2.05) is 30.3 Å². The second-order valence-electron chi connectivity index (χ2n) is 3.86. The third kappa shape index (κ3) is 4.09. The van der Waals surface area contributed by atoms with Gasteiger partial charge in [0.1, 0.15) is 0 Å². The van der Waals surface area contributed by atoms with Gasteiger partial charge in [-0.25, -0.2) is 4.79 Å². The van der Waals surface area contributed by atoms with E-state index in [9.17, 15) is 4.79 Å². The van der Waals surface area contributed by atoms with Crippen molar-refractivity contribution in [1.29, 1.82) is 0 Å². The quantitative estimate of drug-likeness (QED) is 0.715. The largest absolute Gasteiger partial charge is 0.478 e. The molecule has 0 aliphatic carbocycles. The minimum Gasteiger partial charge on any atom is -0.478 e. The van der Waals surface area contributed by atoms with Gasteiger partial charge in [-0.2, -0.15) is 0 Å². The third-order valence-corrected chi connectivity index (χ3v) is 4.57. The topological polar surface area (TPSA) is 37.3 Å². The molecule has 2 aromatic carbocycles. The fraction of sp³-hybridized carbons (Fsp3) is 0.0714. The molecule has 0 saturated carbocycles. The first kappa shape index (κ1) is 14.6. The Morgan fingerprint density at radius 1 is 1.11 bits per heavy atom. The Morgan fingerprint density at radius 3 is 2.53 bits per heavy atom. The van der Waals surface area contributed by atoms with Crippen LogP contribution in [0.4, 0.5) is 0 Å². The van der Waals surface area contributed by atoms with Gasteiger partial charge in [0.05, 0.1) is 5.56 Å².